The van der Waals surface area contributed by atoms with Crippen molar-refractivity contribution in [3.05, 3.63) is 29.2 Å². The highest BCUT2D eigenvalue weighted by molar-refractivity contribution is 5.92. The maximum Gasteiger partial charge on any atom is 0.274 e. The van der Waals surface area contributed by atoms with Crippen LogP contribution in [0.5, 0.6) is 0 Å². The minimum atomic E-state index is 0.0507. The maximum atomic E-state index is 12.8. The number of nitrogens with zero attached hydrogens (tertiary/aromatic N) is 6. The van der Waals surface area contributed by atoms with Gasteiger partial charge in [0.15, 0.2) is 11.5 Å². The number of aromatic nitrogens is 4. The monoisotopic (exact) mass is 398 g/mol. The Labute approximate surface area is 171 Å². The summed E-state index contributed by atoms with van der Waals surface area (Å²) in [5, 5.41) is 8.68. The van der Waals surface area contributed by atoms with Crippen molar-refractivity contribution in [2.75, 3.05) is 26.7 Å². The van der Waals surface area contributed by atoms with Crippen LogP contribution in [0, 0.1) is 12.3 Å². The summed E-state index contributed by atoms with van der Waals surface area (Å²) in [7, 11) is 4.03. The molecule has 3 aliphatic rings. The van der Waals surface area contributed by atoms with Crippen molar-refractivity contribution in [2.24, 2.45) is 12.5 Å². The summed E-state index contributed by atoms with van der Waals surface area (Å²) in [6.07, 6.45) is 6.68. The number of piperidine rings is 1. The lowest BCUT2D eigenvalue weighted by molar-refractivity contribution is 0.0587. The minimum absolute atomic E-state index is 0.0507. The number of hydrogen-bond donors (Lipinski definition) is 0. The Bertz CT molecular complexity index is 887. The molecule has 1 atom stereocenters. The summed E-state index contributed by atoms with van der Waals surface area (Å²) in [4.78, 5) is 21.9. The second-order valence-corrected chi connectivity index (χ2v) is 9.34. The predicted octanol–water partition coefficient (Wildman–Crippen LogP) is 2.68. The molecule has 0 N–H and O–H groups in total. The molecule has 1 aliphatic carbocycles. The minimum Gasteiger partial charge on any atom is -0.339 e. The molecule has 29 heavy (non-hydrogen) atoms. The van der Waals surface area contributed by atoms with E-state index in [1.807, 2.05) is 24.9 Å². The Morgan fingerprint density at radius 3 is 2.62 bits per heavy atom. The zero-order chi connectivity index (χ0) is 20.2. The molecule has 1 spiro atoms. The maximum absolute atomic E-state index is 12.8. The van der Waals surface area contributed by atoms with Crippen LogP contribution in [0.1, 0.15) is 78.4 Å². The standard InChI is InChI=1S/C21H30N6O2/c1-14-11-16(23-26(14)3)20(28)27-9-7-21(8-10-27)12-17(25(2)13-21)18-22-19(29-24-18)15-5-4-6-15/h11,15,17H,4-10,12-13H2,1-3H3. The molecule has 3 fully saturated rings. The summed E-state index contributed by atoms with van der Waals surface area (Å²) in [5.74, 6) is 2.19. The molecule has 2 aliphatic heterocycles. The fourth-order valence-electron chi connectivity index (χ4n) is 5.14. The molecule has 1 amide bonds. The van der Waals surface area contributed by atoms with E-state index in [2.05, 4.69) is 22.2 Å². The van der Waals surface area contributed by atoms with E-state index in [-0.39, 0.29) is 17.4 Å². The number of carbonyl (C=O) groups is 1. The third kappa shape index (κ3) is 3.27. The Morgan fingerprint density at radius 1 is 1.24 bits per heavy atom. The van der Waals surface area contributed by atoms with E-state index >= 15 is 0 Å². The van der Waals surface area contributed by atoms with Gasteiger partial charge in [-0.05, 0) is 57.6 Å². The average molecular weight is 399 g/mol. The number of rotatable bonds is 3. The van der Waals surface area contributed by atoms with Gasteiger partial charge in [0.1, 0.15) is 0 Å². The van der Waals surface area contributed by atoms with Crippen molar-refractivity contribution >= 4 is 5.91 Å². The van der Waals surface area contributed by atoms with Crippen LogP contribution in [-0.2, 0) is 7.05 Å². The molecule has 2 aromatic heterocycles. The van der Waals surface area contributed by atoms with E-state index < -0.39 is 0 Å². The van der Waals surface area contributed by atoms with Gasteiger partial charge in [-0.25, -0.2) is 0 Å². The normalized spacial score (nSPS) is 24.9. The van der Waals surface area contributed by atoms with Crippen molar-refractivity contribution in [1.29, 1.82) is 0 Å². The molecule has 5 rings (SSSR count). The number of amides is 1. The first-order valence-corrected chi connectivity index (χ1v) is 10.8. The van der Waals surface area contributed by atoms with Gasteiger partial charge in [0.25, 0.3) is 5.91 Å². The van der Waals surface area contributed by atoms with Gasteiger partial charge in [-0.1, -0.05) is 11.6 Å². The second kappa shape index (κ2) is 6.93. The first-order chi connectivity index (χ1) is 13.9. The summed E-state index contributed by atoms with van der Waals surface area (Å²) in [6, 6.07) is 2.09. The van der Waals surface area contributed by atoms with Gasteiger partial charge in [0.05, 0.1) is 6.04 Å². The van der Waals surface area contributed by atoms with E-state index in [1.54, 1.807) is 4.68 Å². The molecule has 156 valence electrons. The molecule has 0 radical (unpaired) electrons. The van der Waals surface area contributed by atoms with Crippen molar-refractivity contribution in [3.63, 3.8) is 0 Å². The van der Waals surface area contributed by atoms with E-state index in [1.165, 1.54) is 19.3 Å². The highest BCUT2D eigenvalue weighted by Gasteiger charge is 2.47. The van der Waals surface area contributed by atoms with E-state index in [4.69, 9.17) is 9.51 Å². The predicted molar refractivity (Wildman–Crippen MR) is 106 cm³/mol. The van der Waals surface area contributed by atoms with E-state index in [0.717, 1.165) is 56.3 Å². The van der Waals surface area contributed by atoms with Crippen molar-refractivity contribution in [2.45, 2.75) is 57.4 Å². The molecular formula is C21H30N6O2. The number of aryl methyl sites for hydroxylation is 2. The van der Waals surface area contributed by atoms with Crippen molar-refractivity contribution in [1.82, 2.24) is 29.7 Å². The van der Waals surface area contributed by atoms with Crippen LogP contribution in [0.15, 0.2) is 10.6 Å². The zero-order valence-corrected chi connectivity index (χ0v) is 17.6. The lowest BCUT2D eigenvalue weighted by Crippen LogP contribution is -2.44. The first-order valence-electron chi connectivity index (χ1n) is 10.8. The van der Waals surface area contributed by atoms with Crippen LogP contribution >= 0.6 is 0 Å². The summed E-state index contributed by atoms with van der Waals surface area (Å²) >= 11 is 0. The van der Waals surface area contributed by atoms with Gasteiger partial charge in [-0.15, -0.1) is 0 Å². The Balaban J connectivity index is 1.24. The highest BCUT2D eigenvalue weighted by atomic mass is 16.5. The SMILES string of the molecule is Cc1cc(C(=O)N2CCC3(CC2)CC(c2noc(C4CCC4)n2)N(C)C3)nn1C. The Kier molecular flexibility index (Phi) is 4.49. The van der Waals surface area contributed by atoms with E-state index in [0.29, 0.717) is 11.6 Å². The molecule has 2 aromatic rings. The lowest BCUT2D eigenvalue weighted by Gasteiger charge is -2.39. The lowest BCUT2D eigenvalue weighted by atomic mass is 9.76. The van der Waals surface area contributed by atoms with Gasteiger partial charge < -0.3 is 9.42 Å². The third-order valence-corrected chi connectivity index (χ3v) is 7.40. The molecule has 0 bridgehead atoms. The van der Waals surface area contributed by atoms with Gasteiger partial charge in [-0.3, -0.25) is 14.4 Å². The largest absolute Gasteiger partial charge is 0.339 e. The molecular weight excluding hydrogens is 368 g/mol. The topological polar surface area (TPSA) is 80.3 Å². The average Bonchev–Trinajstić information content (AvgIpc) is 3.33. The van der Waals surface area contributed by atoms with Gasteiger partial charge in [-0.2, -0.15) is 10.1 Å². The number of carbonyl (C=O) groups excluding carboxylic acids is 1. The second-order valence-electron chi connectivity index (χ2n) is 9.34. The molecule has 2 saturated heterocycles. The summed E-state index contributed by atoms with van der Waals surface area (Å²) in [5.41, 5.74) is 1.79. The number of likely N-dealkylation sites (tertiary alicyclic amines) is 2. The zero-order valence-electron chi connectivity index (χ0n) is 17.6. The Morgan fingerprint density at radius 2 is 2.00 bits per heavy atom. The summed E-state index contributed by atoms with van der Waals surface area (Å²) in [6.45, 7) is 4.57. The van der Waals surface area contributed by atoms with Crippen molar-refractivity contribution in [3.8, 4) is 0 Å². The van der Waals surface area contributed by atoms with Crippen LogP contribution in [0.25, 0.3) is 0 Å². The fraction of sp³-hybridized carbons (Fsp3) is 0.714. The van der Waals surface area contributed by atoms with E-state index in [9.17, 15) is 4.79 Å². The van der Waals surface area contributed by atoms with Gasteiger partial charge >= 0.3 is 0 Å². The molecule has 1 unspecified atom stereocenters. The molecule has 0 aromatic carbocycles. The van der Waals surface area contributed by atoms with Crippen LogP contribution < -0.4 is 0 Å². The smallest absolute Gasteiger partial charge is 0.274 e. The quantitative estimate of drug-likeness (QED) is 0.791. The third-order valence-electron chi connectivity index (χ3n) is 7.40. The molecule has 1 saturated carbocycles. The van der Waals surface area contributed by atoms with Crippen LogP contribution in [-0.4, -0.2) is 62.3 Å². The number of hydrogen-bond acceptors (Lipinski definition) is 6. The fourth-order valence-corrected chi connectivity index (χ4v) is 5.14. The summed E-state index contributed by atoms with van der Waals surface area (Å²) < 4.78 is 7.33. The highest BCUT2D eigenvalue weighted by Crippen LogP contribution is 2.48. The molecule has 4 heterocycles. The van der Waals surface area contributed by atoms with Gasteiger partial charge in [0, 0.05) is 38.3 Å². The first kappa shape index (κ1) is 18.8. The van der Waals surface area contributed by atoms with Crippen LogP contribution in [0.3, 0.4) is 0 Å². The van der Waals surface area contributed by atoms with Crippen molar-refractivity contribution < 1.29 is 9.32 Å². The van der Waals surface area contributed by atoms with Gasteiger partial charge in [0.2, 0.25) is 5.89 Å². The van der Waals surface area contributed by atoms with Crippen LogP contribution in [0.4, 0.5) is 0 Å². The molecule has 8 heteroatoms. The molecule has 8 nitrogen and oxygen atoms in total. The van der Waals surface area contributed by atoms with Crippen LogP contribution in [0.2, 0.25) is 0 Å². The Hall–Kier alpha value is -2.22.